The summed E-state index contributed by atoms with van der Waals surface area (Å²) in [6.45, 7) is 8.94. The molecule has 2 aromatic carbocycles. The van der Waals surface area contributed by atoms with Crippen LogP contribution >= 0.6 is 11.3 Å². The van der Waals surface area contributed by atoms with Gasteiger partial charge in [0.25, 0.3) is 0 Å². The Bertz CT molecular complexity index is 1270. The third kappa shape index (κ3) is 5.41. The number of hydrogen-bond acceptors (Lipinski definition) is 8. The monoisotopic (exact) mass is 521 g/mol. The van der Waals surface area contributed by atoms with Gasteiger partial charge in [-0.3, -0.25) is 0 Å². The molecule has 2 bridgehead atoms. The molecule has 2 saturated heterocycles. The molecule has 3 heterocycles. The quantitative estimate of drug-likeness (QED) is 0.369. The molecule has 9 heteroatoms. The largest absolute Gasteiger partial charge is 0.462 e. The minimum Gasteiger partial charge on any atom is -0.462 e. The highest BCUT2D eigenvalue weighted by atomic mass is 32.1. The van der Waals surface area contributed by atoms with E-state index in [1.54, 1.807) is 6.92 Å². The lowest BCUT2D eigenvalue weighted by atomic mass is 10.1. The van der Waals surface area contributed by atoms with Gasteiger partial charge in [-0.15, -0.1) is 0 Å². The first-order valence-electron chi connectivity index (χ1n) is 12.5. The van der Waals surface area contributed by atoms with Crippen LogP contribution in [0.5, 0.6) is 11.5 Å². The maximum absolute atomic E-state index is 12.8. The normalized spacial score (nSPS) is 18.7. The predicted molar refractivity (Wildman–Crippen MR) is 143 cm³/mol. The number of anilines is 1. The minimum absolute atomic E-state index is 0.0627. The van der Waals surface area contributed by atoms with Gasteiger partial charge >= 0.3 is 12.1 Å². The van der Waals surface area contributed by atoms with Gasteiger partial charge in [-0.2, -0.15) is 0 Å². The van der Waals surface area contributed by atoms with Crippen LogP contribution in [0.4, 0.5) is 9.93 Å². The average Bonchev–Trinajstić information content (AvgIpc) is 3.59. The summed E-state index contributed by atoms with van der Waals surface area (Å²) in [7, 11) is 0. The molecule has 8 nitrogen and oxygen atoms in total. The Hall–Kier alpha value is -3.59. The number of thiazole rings is 1. The van der Waals surface area contributed by atoms with Gasteiger partial charge in [-0.05, 0) is 70.5 Å². The van der Waals surface area contributed by atoms with Crippen LogP contribution in [-0.4, -0.2) is 59.3 Å². The van der Waals surface area contributed by atoms with Gasteiger partial charge in [0, 0.05) is 18.7 Å². The molecule has 0 radical (unpaired) electrons. The number of likely N-dealkylation sites (tertiary alicyclic amines) is 1. The van der Waals surface area contributed by atoms with Crippen LogP contribution in [0.15, 0.2) is 54.6 Å². The zero-order valence-corrected chi connectivity index (χ0v) is 22.3. The Labute approximate surface area is 220 Å². The molecular weight excluding hydrogens is 490 g/mol. The van der Waals surface area contributed by atoms with E-state index < -0.39 is 5.60 Å². The van der Waals surface area contributed by atoms with Crippen molar-refractivity contribution < 1.29 is 23.8 Å². The number of fused-ring (bicyclic) bond motifs is 2. The van der Waals surface area contributed by atoms with E-state index in [9.17, 15) is 9.59 Å². The molecule has 0 aliphatic carbocycles. The number of benzene rings is 2. The fourth-order valence-corrected chi connectivity index (χ4v) is 5.78. The van der Waals surface area contributed by atoms with Crippen molar-refractivity contribution in [2.75, 3.05) is 24.6 Å². The third-order valence-electron chi connectivity index (χ3n) is 6.30. The molecule has 2 aliphatic heterocycles. The summed E-state index contributed by atoms with van der Waals surface area (Å²) < 4.78 is 16.8. The van der Waals surface area contributed by atoms with E-state index in [1.165, 1.54) is 11.3 Å². The first-order chi connectivity index (χ1) is 17.7. The second-order valence-electron chi connectivity index (χ2n) is 10.2. The highest BCUT2D eigenvalue weighted by molar-refractivity contribution is 7.18. The number of carbonyl (C=O) groups excluding carboxylic acids is 2. The third-order valence-corrected chi connectivity index (χ3v) is 7.37. The Balaban J connectivity index is 1.36. The maximum Gasteiger partial charge on any atom is 0.410 e. The smallest absolute Gasteiger partial charge is 0.410 e. The van der Waals surface area contributed by atoms with Crippen LogP contribution in [0.3, 0.4) is 0 Å². The van der Waals surface area contributed by atoms with Crippen molar-refractivity contribution in [3.63, 3.8) is 0 Å². The molecule has 2 aliphatic rings. The number of ether oxygens (including phenoxy) is 3. The van der Waals surface area contributed by atoms with Crippen LogP contribution in [0.2, 0.25) is 0 Å². The first kappa shape index (κ1) is 25.1. The lowest BCUT2D eigenvalue weighted by Gasteiger charge is -2.35. The summed E-state index contributed by atoms with van der Waals surface area (Å²) in [5, 5.41) is 0.763. The number of esters is 1. The van der Waals surface area contributed by atoms with Crippen LogP contribution in [0, 0.1) is 0 Å². The van der Waals surface area contributed by atoms with Gasteiger partial charge in [0.15, 0.2) is 5.13 Å². The van der Waals surface area contributed by atoms with Gasteiger partial charge in [-0.1, -0.05) is 29.5 Å². The zero-order chi connectivity index (χ0) is 26.2. The fourth-order valence-electron chi connectivity index (χ4n) is 4.71. The summed E-state index contributed by atoms with van der Waals surface area (Å²) in [4.78, 5) is 34.9. The van der Waals surface area contributed by atoms with Gasteiger partial charge in [0.1, 0.15) is 22.0 Å². The summed E-state index contributed by atoms with van der Waals surface area (Å²) in [5.41, 5.74) is 0.876. The molecule has 0 spiro atoms. The van der Waals surface area contributed by atoms with Crippen LogP contribution in [-0.2, 0) is 9.47 Å². The summed E-state index contributed by atoms with van der Waals surface area (Å²) in [5.74, 6) is 1.07. The molecule has 2 fully saturated rings. The Morgan fingerprint density at radius 2 is 1.70 bits per heavy atom. The van der Waals surface area contributed by atoms with Gasteiger partial charge in [-0.25, -0.2) is 14.6 Å². The van der Waals surface area contributed by atoms with Crippen molar-refractivity contribution in [1.82, 2.24) is 9.88 Å². The highest BCUT2D eigenvalue weighted by Gasteiger charge is 2.47. The van der Waals surface area contributed by atoms with Crippen molar-refractivity contribution in [3.05, 3.63) is 59.5 Å². The molecule has 3 aromatic rings. The van der Waals surface area contributed by atoms with E-state index >= 15 is 0 Å². The average molecular weight is 522 g/mol. The molecule has 5 rings (SSSR count). The van der Waals surface area contributed by atoms with Crippen LogP contribution in [0.1, 0.15) is 43.8 Å². The molecule has 1 aromatic heterocycles. The number of hydrogen-bond donors (Lipinski definition) is 0. The van der Waals surface area contributed by atoms with Gasteiger partial charge < -0.3 is 24.0 Å². The van der Waals surface area contributed by atoms with Crippen molar-refractivity contribution in [2.24, 2.45) is 0 Å². The van der Waals surface area contributed by atoms with Crippen molar-refractivity contribution in [3.8, 4) is 22.8 Å². The second-order valence-corrected chi connectivity index (χ2v) is 11.1. The number of carbonyl (C=O) groups is 2. The number of para-hydroxylation sites is 1. The molecular formula is C28H31N3O5S. The number of amides is 1. The Kier molecular flexibility index (Phi) is 6.81. The Morgan fingerprint density at radius 1 is 1.00 bits per heavy atom. The topological polar surface area (TPSA) is 81.2 Å². The van der Waals surface area contributed by atoms with Gasteiger partial charge in [0.2, 0.25) is 0 Å². The molecule has 0 N–H and O–H groups in total. The fraction of sp³-hybridized carbons (Fsp3) is 0.393. The van der Waals surface area contributed by atoms with Gasteiger partial charge in [0.05, 0.1) is 24.4 Å². The number of nitrogens with zero attached hydrogens (tertiary/aromatic N) is 3. The zero-order valence-electron chi connectivity index (χ0n) is 21.5. The van der Waals surface area contributed by atoms with Crippen LogP contribution < -0.4 is 9.64 Å². The molecule has 194 valence electrons. The number of rotatable bonds is 6. The van der Waals surface area contributed by atoms with E-state index in [-0.39, 0.29) is 30.8 Å². The lowest BCUT2D eigenvalue weighted by Crippen LogP contribution is -2.50. The van der Waals surface area contributed by atoms with E-state index in [4.69, 9.17) is 19.2 Å². The standard InChI is InChI=1S/C28H31N3O5S/c1-5-34-25(32)24-23(18-11-13-22(14-12-18)35-21-9-7-6-8-10-21)29-26(37-24)30-16-20-15-19(30)17-31(20)27(33)36-28(2,3)4/h6-14,19-20H,5,15-17H2,1-4H3/t19-,20-/m0/s1. The molecule has 0 unspecified atom stereocenters. The maximum atomic E-state index is 12.8. The molecule has 37 heavy (non-hydrogen) atoms. The Morgan fingerprint density at radius 3 is 2.32 bits per heavy atom. The SMILES string of the molecule is CCOC(=O)c1sc(N2C[C@@H]3C[C@H]2CN3C(=O)OC(C)(C)C)nc1-c1ccc(Oc2ccccc2)cc1. The van der Waals surface area contributed by atoms with Crippen molar-refractivity contribution in [2.45, 2.75) is 51.8 Å². The summed E-state index contributed by atoms with van der Waals surface area (Å²) in [6, 6.07) is 17.3. The molecule has 1 amide bonds. The summed E-state index contributed by atoms with van der Waals surface area (Å²) >= 11 is 1.34. The van der Waals surface area contributed by atoms with E-state index in [0.717, 1.165) is 22.9 Å². The van der Waals surface area contributed by atoms with E-state index in [2.05, 4.69) is 4.90 Å². The van der Waals surface area contributed by atoms with E-state index in [1.807, 2.05) is 80.3 Å². The number of piperazine rings is 1. The second kappa shape index (κ2) is 10.0. The molecule has 0 saturated carbocycles. The van der Waals surface area contributed by atoms with Crippen molar-refractivity contribution in [1.29, 1.82) is 0 Å². The first-order valence-corrected chi connectivity index (χ1v) is 13.3. The van der Waals surface area contributed by atoms with Crippen LogP contribution in [0.25, 0.3) is 11.3 Å². The van der Waals surface area contributed by atoms with E-state index in [0.29, 0.717) is 29.4 Å². The number of aromatic nitrogens is 1. The highest BCUT2D eigenvalue weighted by Crippen LogP contribution is 2.41. The lowest BCUT2D eigenvalue weighted by molar-refractivity contribution is 0.0214. The minimum atomic E-state index is -0.529. The predicted octanol–water partition coefficient (Wildman–Crippen LogP) is 5.98. The summed E-state index contributed by atoms with van der Waals surface area (Å²) in [6.07, 6.45) is 0.582. The molecule has 2 atom stereocenters. The van der Waals surface area contributed by atoms with Crippen molar-refractivity contribution >= 4 is 28.5 Å².